The molecular formula is C24H29ClN4O6S. The van der Waals surface area contributed by atoms with E-state index >= 15 is 0 Å². The highest BCUT2D eigenvalue weighted by Gasteiger charge is 2.68. The summed E-state index contributed by atoms with van der Waals surface area (Å²) < 4.78 is 32.5. The number of carbonyl (C=O) groups excluding carboxylic acids is 3. The molecule has 0 radical (unpaired) electrons. The van der Waals surface area contributed by atoms with E-state index in [0.717, 1.165) is 24.0 Å². The standard InChI is InChI=1S/C24H29ClN4O6S/c25-18-3-1-2-13-11-29(12-17(13)18)23(32)35-15-8-19(26-10-15)21(30)27-20-9-24(20,14-4-5-14)22(31)28-36(33,34)16-6-7-16/h1-3,14-16,19-20,26H,4-12H2,(H,27,30)(H,28,31)/t15-,19+,20-,24+/m1/s1. The molecule has 3 saturated carbocycles. The maximum absolute atomic E-state index is 12.9. The van der Waals surface area contributed by atoms with Gasteiger partial charge >= 0.3 is 6.09 Å². The maximum Gasteiger partial charge on any atom is 0.410 e. The van der Waals surface area contributed by atoms with Crippen LogP contribution in [0, 0.1) is 11.3 Å². The van der Waals surface area contributed by atoms with Crippen LogP contribution >= 0.6 is 11.6 Å². The molecule has 6 rings (SSSR count). The van der Waals surface area contributed by atoms with Crippen LogP contribution in [0.15, 0.2) is 18.2 Å². The summed E-state index contributed by atoms with van der Waals surface area (Å²) in [4.78, 5) is 40.2. The van der Waals surface area contributed by atoms with Crippen LogP contribution < -0.4 is 15.4 Å². The molecule has 5 aliphatic rings. The molecule has 0 bridgehead atoms. The number of halogens is 1. The molecule has 36 heavy (non-hydrogen) atoms. The minimum Gasteiger partial charge on any atom is -0.445 e. The first-order chi connectivity index (χ1) is 17.2. The summed E-state index contributed by atoms with van der Waals surface area (Å²) in [5.41, 5.74) is 1.09. The first kappa shape index (κ1) is 24.0. The van der Waals surface area contributed by atoms with E-state index in [0.29, 0.717) is 50.3 Å². The van der Waals surface area contributed by atoms with E-state index in [9.17, 15) is 22.8 Å². The van der Waals surface area contributed by atoms with E-state index in [1.165, 1.54) is 0 Å². The van der Waals surface area contributed by atoms with Crippen molar-refractivity contribution in [1.29, 1.82) is 0 Å². The summed E-state index contributed by atoms with van der Waals surface area (Å²) in [7, 11) is -3.63. The molecule has 1 aromatic rings. The smallest absolute Gasteiger partial charge is 0.410 e. The van der Waals surface area contributed by atoms with Crippen LogP contribution in [-0.2, 0) is 37.4 Å². The summed E-state index contributed by atoms with van der Waals surface area (Å²) >= 11 is 6.23. The van der Waals surface area contributed by atoms with Gasteiger partial charge in [-0.05, 0) is 55.2 Å². The predicted octanol–water partition coefficient (Wildman–Crippen LogP) is 1.42. The summed E-state index contributed by atoms with van der Waals surface area (Å²) in [6, 6.07) is 4.65. The van der Waals surface area contributed by atoms with Gasteiger partial charge in [0.2, 0.25) is 21.8 Å². The van der Waals surface area contributed by atoms with Crippen molar-refractivity contribution >= 4 is 39.5 Å². The van der Waals surface area contributed by atoms with Crippen molar-refractivity contribution in [2.45, 2.75) is 75.1 Å². The Labute approximate surface area is 214 Å². The van der Waals surface area contributed by atoms with Crippen LogP contribution in [0.1, 0.15) is 49.7 Å². The number of sulfonamides is 1. The minimum absolute atomic E-state index is 0.0977. The zero-order chi connectivity index (χ0) is 25.2. The van der Waals surface area contributed by atoms with Crippen molar-refractivity contribution in [3.63, 3.8) is 0 Å². The molecule has 2 aliphatic heterocycles. The third-order valence-corrected chi connectivity index (χ3v) is 10.3. The number of rotatable bonds is 7. The lowest BCUT2D eigenvalue weighted by Gasteiger charge is -2.19. The van der Waals surface area contributed by atoms with Crippen LogP contribution in [0.3, 0.4) is 0 Å². The van der Waals surface area contributed by atoms with E-state index in [1.54, 1.807) is 11.0 Å². The van der Waals surface area contributed by atoms with Crippen molar-refractivity contribution in [3.8, 4) is 0 Å². The second-order valence-electron chi connectivity index (χ2n) is 10.7. The van der Waals surface area contributed by atoms with Gasteiger partial charge in [-0.3, -0.25) is 19.2 Å². The van der Waals surface area contributed by atoms with Gasteiger partial charge in [-0.25, -0.2) is 13.2 Å². The van der Waals surface area contributed by atoms with Crippen molar-refractivity contribution in [1.82, 2.24) is 20.3 Å². The van der Waals surface area contributed by atoms with Crippen molar-refractivity contribution < 1.29 is 27.5 Å². The highest BCUT2D eigenvalue weighted by atomic mass is 35.5. The van der Waals surface area contributed by atoms with Crippen LogP contribution in [-0.4, -0.2) is 61.2 Å². The van der Waals surface area contributed by atoms with Gasteiger partial charge in [0.1, 0.15) is 6.10 Å². The van der Waals surface area contributed by atoms with Crippen molar-refractivity contribution in [2.75, 3.05) is 6.54 Å². The average Bonchev–Trinajstić information content (AvgIpc) is 3.73. The quantitative estimate of drug-likeness (QED) is 0.480. The molecule has 3 amide bonds. The molecule has 10 nitrogen and oxygen atoms in total. The molecule has 0 unspecified atom stereocenters. The molecule has 194 valence electrons. The molecule has 0 aromatic heterocycles. The monoisotopic (exact) mass is 536 g/mol. The molecule has 4 atom stereocenters. The molecule has 4 fully saturated rings. The number of hydrogen-bond acceptors (Lipinski definition) is 7. The number of ether oxygens (including phenoxy) is 1. The summed E-state index contributed by atoms with van der Waals surface area (Å²) in [5, 5.41) is 6.20. The number of nitrogens with zero attached hydrogens (tertiary/aromatic N) is 1. The highest BCUT2D eigenvalue weighted by molar-refractivity contribution is 7.90. The van der Waals surface area contributed by atoms with Gasteiger partial charge in [0.15, 0.2) is 0 Å². The Morgan fingerprint density at radius 1 is 1.14 bits per heavy atom. The fraction of sp³-hybridized carbons (Fsp3) is 0.625. The predicted molar refractivity (Wildman–Crippen MR) is 129 cm³/mol. The van der Waals surface area contributed by atoms with E-state index in [-0.39, 0.29) is 17.9 Å². The number of benzene rings is 1. The Morgan fingerprint density at radius 3 is 2.61 bits per heavy atom. The molecule has 3 aliphatic carbocycles. The molecule has 1 aromatic carbocycles. The topological polar surface area (TPSA) is 134 Å². The van der Waals surface area contributed by atoms with Gasteiger partial charge in [-0.15, -0.1) is 0 Å². The van der Waals surface area contributed by atoms with Crippen molar-refractivity contribution in [3.05, 3.63) is 34.3 Å². The Morgan fingerprint density at radius 2 is 1.92 bits per heavy atom. The number of carbonyl (C=O) groups is 3. The van der Waals surface area contributed by atoms with Gasteiger partial charge in [0, 0.05) is 30.6 Å². The minimum atomic E-state index is -3.63. The lowest BCUT2D eigenvalue weighted by atomic mass is 9.98. The summed E-state index contributed by atoms with van der Waals surface area (Å²) in [6.07, 6.45) is 2.74. The third-order valence-electron chi connectivity index (χ3n) is 8.11. The average molecular weight is 537 g/mol. The summed E-state index contributed by atoms with van der Waals surface area (Å²) in [6.45, 7) is 1.17. The number of hydrogen-bond donors (Lipinski definition) is 3. The molecule has 12 heteroatoms. The fourth-order valence-electron chi connectivity index (χ4n) is 5.62. The normalized spacial score (nSPS) is 31.0. The fourth-order valence-corrected chi connectivity index (χ4v) is 7.25. The van der Waals surface area contributed by atoms with Crippen LogP contribution in [0.2, 0.25) is 5.02 Å². The number of amides is 3. The molecule has 1 saturated heterocycles. The Bertz CT molecular complexity index is 1230. The van der Waals surface area contributed by atoms with Crippen LogP contribution in [0.4, 0.5) is 4.79 Å². The van der Waals surface area contributed by atoms with Gasteiger partial charge < -0.3 is 15.4 Å². The maximum atomic E-state index is 12.9. The molecule has 0 spiro atoms. The Balaban J connectivity index is 1.01. The van der Waals surface area contributed by atoms with Crippen LogP contribution in [0.5, 0.6) is 0 Å². The van der Waals surface area contributed by atoms with Gasteiger partial charge in [0.05, 0.1) is 23.3 Å². The lowest BCUT2D eigenvalue weighted by Crippen LogP contribution is -2.46. The van der Waals surface area contributed by atoms with Gasteiger partial charge in [-0.2, -0.15) is 0 Å². The first-order valence-corrected chi connectivity index (χ1v) is 14.4. The number of fused-ring (bicyclic) bond motifs is 1. The summed E-state index contributed by atoms with van der Waals surface area (Å²) in [5.74, 6) is -0.653. The molecule has 3 N–H and O–H groups in total. The Hall–Kier alpha value is -2.37. The zero-order valence-corrected chi connectivity index (χ0v) is 21.2. The largest absolute Gasteiger partial charge is 0.445 e. The Kier molecular flexibility index (Phi) is 5.73. The zero-order valence-electron chi connectivity index (χ0n) is 19.7. The van der Waals surface area contributed by atoms with Gasteiger partial charge in [0.25, 0.3) is 0 Å². The molecule has 2 heterocycles. The lowest BCUT2D eigenvalue weighted by molar-refractivity contribution is -0.126. The number of nitrogens with one attached hydrogen (secondary N) is 3. The van der Waals surface area contributed by atoms with E-state index < -0.39 is 44.8 Å². The second-order valence-corrected chi connectivity index (χ2v) is 13.1. The van der Waals surface area contributed by atoms with E-state index in [1.807, 2.05) is 12.1 Å². The van der Waals surface area contributed by atoms with E-state index in [2.05, 4.69) is 15.4 Å². The van der Waals surface area contributed by atoms with Crippen molar-refractivity contribution in [2.24, 2.45) is 11.3 Å². The third kappa shape index (κ3) is 4.35. The first-order valence-electron chi connectivity index (χ1n) is 12.5. The van der Waals surface area contributed by atoms with Crippen LogP contribution in [0.25, 0.3) is 0 Å². The second kappa shape index (κ2) is 8.59. The highest BCUT2D eigenvalue weighted by Crippen LogP contribution is 2.61. The van der Waals surface area contributed by atoms with Gasteiger partial charge in [-0.1, -0.05) is 23.7 Å². The SMILES string of the molecule is O=C(N[C@@H]1C[C@]1(C(=O)NS(=O)(=O)C1CC1)C1CC1)[C@@H]1C[C@@H](OC(=O)N2Cc3cccc(Cl)c3C2)CN1. The van der Waals surface area contributed by atoms with E-state index in [4.69, 9.17) is 16.3 Å². The molecular weight excluding hydrogens is 508 g/mol.